The Labute approximate surface area is 212 Å². The Bertz CT molecular complexity index is 1490. The Morgan fingerprint density at radius 2 is 2.00 bits per heavy atom. The zero-order valence-electron chi connectivity index (χ0n) is 20.1. The molecule has 3 aromatic heterocycles. The molecule has 0 radical (unpaired) electrons. The van der Waals surface area contributed by atoms with Crippen molar-refractivity contribution < 1.29 is 22.1 Å². The van der Waals surface area contributed by atoms with Crippen molar-refractivity contribution in [1.29, 1.82) is 0 Å². The Morgan fingerprint density at radius 3 is 2.69 bits per heavy atom. The number of hydrogen-bond donors (Lipinski definition) is 0. The summed E-state index contributed by atoms with van der Waals surface area (Å²) in [5.74, 6) is 1.02. The molecule has 0 atom stereocenters. The Kier molecular flexibility index (Phi) is 6.64. The van der Waals surface area contributed by atoms with Gasteiger partial charge in [0.1, 0.15) is 22.9 Å². The number of rotatable bonds is 7. The number of ether oxygens (including phenoxy) is 1. The highest BCUT2D eigenvalue weighted by atomic mass is 32.2. The monoisotopic (exact) mass is 531 g/mol. The number of hydrogen-bond acceptors (Lipinski definition) is 10. The Balaban J connectivity index is 1.30. The highest BCUT2D eigenvalue weighted by molar-refractivity contribution is 7.90. The molecular formula is C24H26FN5O4S2. The number of aromatic nitrogens is 4. The third-order valence-electron chi connectivity index (χ3n) is 6.02. The maximum atomic E-state index is 14.8. The van der Waals surface area contributed by atoms with Crippen LogP contribution >= 0.6 is 11.3 Å². The average molecular weight is 532 g/mol. The van der Waals surface area contributed by atoms with Gasteiger partial charge in [-0.05, 0) is 18.1 Å². The summed E-state index contributed by atoms with van der Waals surface area (Å²) in [6.45, 7) is 5.67. The largest absolute Gasteiger partial charge is 0.473 e. The van der Waals surface area contributed by atoms with Gasteiger partial charge in [0.15, 0.2) is 15.7 Å². The van der Waals surface area contributed by atoms with Crippen LogP contribution in [0.1, 0.15) is 32.5 Å². The van der Waals surface area contributed by atoms with Gasteiger partial charge in [0.25, 0.3) is 0 Å². The topological polar surface area (TPSA) is 111 Å². The summed E-state index contributed by atoms with van der Waals surface area (Å²) >= 11 is 1.37. The number of nitrogens with zero attached hydrogens (tertiary/aromatic N) is 5. The van der Waals surface area contributed by atoms with Crippen LogP contribution in [0.4, 0.5) is 10.4 Å². The van der Waals surface area contributed by atoms with Gasteiger partial charge in [0.2, 0.25) is 5.88 Å². The van der Waals surface area contributed by atoms with Crippen LogP contribution < -0.4 is 9.64 Å². The van der Waals surface area contributed by atoms with Gasteiger partial charge in [-0.2, -0.15) is 4.98 Å². The minimum absolute atomic E-state index is 0.0475. The van der Waals surface area contributed by atoms with E-state index in [0.717, 1.165) is 55.2 Å². The summed E-state index contributed by atoms with van der Waals surface area (Å²) in [6.07, 6.45) is 4.70. The van der Waals surface area contributed by atoms with Crippen molar-refractivity contribution in [1.82, 2.24) is 20.1 Å². The van der Waals surface area contributed by atoms with E-state index in [2.05, 4.69) is 38.9 Å². The molecular weight excluding hydrogens is 505 g/mol. The number of thiophene rings is 1. The number of fused-ring (bicyclic) bond motifs is 1. The number of anilines is 1. The van der Waals surface area contributed by atoms with Crippen molar-refractivity contribution in [3.63, 3.8) is 0 Å². The first-order chi connectivity index (χ1) is 17.2. The van der Waals surface area contributed by atoms with Crippen LogP contribution in [0.3, 0.4) is 0 Å². The fourth-order valence-corrected chi connectivity index (χ4v) is 5.78. The molecule has 36 heavy (non-hydrogen) atoms. The number of halogens is 1. The van der Waals surface area contributed by atoms with Gasteiger partial charge in [-0.1, -0.05) is 25.1 Å². The van der Waals surface area contributed by atoms with Gasteiger partial charge in [-0.3, -0.25) is 0 Å². The SMILES string of the molecule is CC(C)Cc1noc(N2CCC(Oc3ncnc4c(-c5ccc(S(C)(=O)=O)cc5F)csc34)CC2)n1. The van der Waals surface area contributed by atoms with E-state index in [0.29, 0.717) is 28.9 Å². The van der Waals surface area contributed by atoms with Crippen LogP contribution in [0.25, 0.3) is 21.3 Å². The van der Waals surface area contributed by atoms with Gasteiger partial charge < -0.3 is 14.2 Å². The lowest BCUT2D eigenvalue weighted by molar-refractivity contribution is 0.164. The molecule has 190 valence electrons. The first kappa shape index (κ1) is 24.6. The third-order valence-corrected chi connectivity index (χ3v) is 8.09. The number of piperidine rings is 1. The normalized spacial score (nSPS) is 15.2. The second kappa shape index (κ2) is 9.74. The molecule has 0 unspecified atom stereocenters. The molecule has 1 aliphatic rings. The smallest absolute Gasteiger partial charge is 0.324 e. The maximum absolute atomic E-state index is 14.8. The molecule has 9 nitrogen and oxygen atoms in total. The fraction of sp³-hybridized carbons (Fsp3) is 0.417. The van der Waals surface area contributed by atoms with Crippen molar-refractivity contribution in [2.75, 3.05) is 24.2 Å². The third kappa shape index (κ3) is 5.05. The van der Waals surface area contributed by atoms with E-state index in [-0.39, 0.29) is 16.6 Å². The van der Waals surface area contributed by atoms with Gasteiger partial charge in [-0.15, -0.1) is 11.3 Å². The standard InChI is InChI=1S/C24H26FN5O4S2/c1-14(2)10-20-28-24(34-29-20)30-8-6-15(7-9-30)33-23-22-21(26-13-27-23)18(12-35-22)17-5-4-16(11-19(17)25)36(3,31)32/h4-5,11-15H,6-10H2,1-3H3. The van der Waals surface area contributed by atoms with Crippen LogP contribution in [0.15, 0.2) is 39.3 Å². The van der Waals surface area contributed by atoms with Crippen molar-refractivity contribution >= 4 is 37.4 Å². The summed E-state index contributed by atoms with van der Waals surface area (Å²) < 4.78 is 50.7. The zero-order valence-corrected chi connectivity index (χ0v) is 21.8. The average Bonchev–Trinajstić information content (AvgIpc) is 3.46. The molecule has 5 rings (SSSR count). The maximum Gasteiger partial charge on any atom is 0.324 e. The van der Waals surface area contributed by atoms with Crippen LogP contribution in [0.5, 0.6) is 5.88 Å². The van der Waals surface area contributed by atoms with Crippen molar-refractivity contribution in [3.8, 4) is 17.0 Å². The van der Waals surface area contributed by atoms with Crippen molar-refractivity contribution in [2.24, 2.45) is 5.92 Å². The highest BCUT2D eigenvalue weighted by Gasteiger charge is 2.26. The van der Waals surface area contributed by atoms with Crippen LogP contribution in [-0.4, -0.2) is 54.0 Å². The summed E-state index contributed by atoms with van der Waals surface area (Å²) in [7, 11) is -3.50. The Morgan fingerprint density at radius 1 is 1.22 bits per heavy atom. The van der Waals surface area contributed by atoms with E-state index in [4.69, 9.17) is 9.26 Å². The molecule has 0 amide bonds. The molecule has 4 aromatic rings. The van der Waals surface area contributed by atoms with Gasteiger partial charge in [0, 0.05) is 55.1 Å². The van der Waals surface area contributed by atoms with E-state index < -0.39 is 15.7 Å². The second-order valence-electron chi connectivity index (χ2n) is 9.32. The molecule has 1 fully saturated rings. The molecule has 0 bridgehead atoms. The van der Waals surface area contributed by atoms with Gasteiger partial charge >= 0.3 is 6.01 Å². The van der Waals surface area contributed by atoms with Gasteiger partial charge in [0.05, 0.1) is 10.4 Å². The predicted molar refractivity (Wildman–Crippen MR) is 135 cm³/mol. The van der Waals surface area contributed by atoms with E-state index in [1.807, 2.05) is 0 Å². The molecule has 12 heteroatoms. The summed E-state index contributed by atoms with van der Waals surface area (Å²) in [4.78, 5) is 15.2. The minimum atomic E-state index is -3.50. The van der Waals surface area contributed by atoms with E-state index in [9.17, 15) is 12.8 Å². The quantitative estimate of drug-likeness (QED) is 0.339. The lowest BCUT2D eigenvalue weighted by Crippen LogP contribution is -2.38. The second-order valence-corrected chi connectivity index (χ2v) is 12.2. The van der Waals surface area contributed by atoms with Crippen molar-refractivity contribution in [3.05, 3.63) is 41.5 Å². The molecule has 1 saturated heterocycles. The fourth-order valence-electron chi connectivity index (χ4n) is 4.19. The predicted octanol–water partition coefficient (Wildman–Crippen LogP) is 4.53. The van der Waals surface area contributed by atoms with E-state index >= 15 is 0 Å². The van der Waals surface area contributed by atoms with Gasteiger partial charge in [-0.25, -0.2) is 22.8 Å². The van der Waals surface area contributed by atoms with E-state index in [1.165, 1.54) is 29.8 Å². The number of benzene rings is 1. The minimum Gasteiger partial charge on any atom is -0.473 e. The molecule has 1 aliphatic heterocycles. The van der Waals surface area contributed by atoms with Crippen LogP contribution in [-0.2, 0) is 16.3 Å². The molecule has 4 heterocycles. The summed E-state index contributed by atoms with van der Waals surface area (Å²) in [5, 5.41) is 5.86. The first-order valence-corrected chi connectivity index (χ1v) is 14.4. The van der Waals surface area contributed by atoms with Crippen LogP contribution in [0.2, 0.25) is 0 Å². The highest BCUT2D eigenvalue weighted by Crippen LogP contribution is 2.38. The zero-order chi connectivity index (χ0) is 25.4. The lowest BCUT2D eigenvalue weighted by atomic mass is 10.1. The van der Waals surface area contributed by atoms with Crippen molar-refractivity contribution in [2.45, 2.75) is 44.1 Å². The summed E-state index contributed by atoms with van der Waals surface area (Å²) in [5.41, 5.74) is 1.42. The first-order valence-electron chi connectivity index (χ1n) is 11.7. The molecule has 0 N–H and O–H groups in total. The number of sulfone groups is 1. The van der Waals surface area contributed by atoms with Crippen LogP contribution in [0, 0.1) is 11.7 Å². The molecule has 0 spiro atoms. The lowest BCUT2D eigenvalue weighted by Gasteiger charge is -2.30. The Hall–Kier alpha value is -3.12. The van der Waals surface area contributed by atoms with E-state index in [1.54, 1.807) is 5.38 Å². The molecule has 0 saturated carbocycles. The molecule has 0 aliphatic carbocycles. The molecule has 1 aromatic carbocycles. The summed E-state index contributed by atoms with van der Waals surface area (Å²) in [6, 6.07) is 4.45.